The monoisotopic (exact) mass is 255 g/mol. The van der Waals surface area contributed by atoms with Crippen LogP contribution in [0.2, 0.25) is 0 Å². The quantitative estimate of drug-likeness (QED) is 0.914. The summed E-state index contributed by atoms with van der Waals surface area (Å²) in [6.07, 6.45) is 0. The van der Waals surface area contributed by atoms with Crippen LogP contribution < -0.4 is 5.32 Å². The molecular weight excluding hydrogens is 241 g/mol. The van der Waals surface area contributed by atoms with E-state index in [1.54, 1.807) is 12.1 Å². The Bertz CT molecular complexity index is 459. The SMILES string of the molecule is Cc1cc(NCc2ccc(F)cc2)nn1C.Cl. The number of hydrogen-bond donors (Lipinski definition) is 1. The van der Waals surface area contributed by atoms with E-state index < -0.39 is 0 Å². The van der Waals surface area contributed by atoms with E-state index >= 15 is 0 Å². The van der Waals surface area contributed by atoms with Gasteiger partial charge in [0.25, 0.3) is 0 Å². The molecule has 3 nitrogen and oxygen atoms in total. The van der Waals surface area contributed by atoms with E-state index in [-0.39, 0.29) is 18.2 Å². The van der Waals surface area contributed by atoms with E-state index in [9.17, 15) is 4.39 Å². The summed E-state index contributed by atoms with van der Waals surface area (Å²) >= 11 is 0. The lowest BCUT2D eigenvalue weighted by molar-refractivity contribution is 0.627. The summed E-state index contributed by atoms with van der Waals surface area (Å²) in [6.45, 7) is 2.65. The molecule has 0 radical (unpaired) electrons. The molecule has 1 aromatic carbocycles. The Morgan fingerprint density at radius 1 is 1.29 bits per heavy atom. The van der Waals surface area contributed by atoms with Gasteiger partial charge in [-0.2, -0.15) is 5.10 Å². The maximum absolute atomic E-state index is 12.7. The van der Waals surface area contributed by atoms with Gasteiger partial charge in [0.05, 0.1) is 0 Å². The first-order chi connectivity index (χ1) is 7.65. The second kappa shape index (κ2) is 5.68. The number of aryl methyl sites for hydroxylation is 2. The van der Waals surface area contributed by atoms with Gasteiger partial charge >= 0.3 is 0 Å². The van der Waals surface area contributed by atoms with Gasteiger partial charge in [0.1, 0.15) is 11.6 Å². The summed E-state index contributed by atoms with van der Waals surface area (Å²) in [4.78, 5) is 0. The zero-order chi connectivity index (χ0) is 11.5. The summed E-state index contributed by atoms with van der Waals surface area (Å²) < 4.78 is 14.5. The summed E-state index contributed by atoms with van der Waals surface area (Å²) in [6, 6.07) is 8.42. The second-order valence-corrected chi connectivity index (χ2v) is 3.77. The van der Waals surface area contributed by atoms with E-state index in [4.69, 9.17) is 0 Å². The fraction of sp³-hybridized carbons (Fsp3) is 0.250. The topological polar surface area (TPSA) is 29.9 Å². The molecule has 0 saturated heterocycles. The van der Waals surface area contributed by atoms with Crippen molar-refractivity contribution < 1.29 is 4.39 Å². The molecular formula is C12H15ClFN3. The number of benzene rings is 1. The average Bonchev–Trinajstić information content (AvgIpc) is 2.58. The lowest BCUT2D eigenvalue weighted by atomic mass is 10.2. The molecule has 0 aliphatic carbocycles. The van der Waals surface area contributed by atoms with Gasteiger partial charge in [-0.3, -0.25) is 4.68 Å². The van der Waals surface area contributed by atoms with Crippen molar-refractivity contribution in [2.24, 2.45) is 7.05 Å². The van der Waals surface area contributed by atoms with Crippen molar-refractivity contribution in [1.82, 2.24) is 9.78 Å². The molecule has 1 heterocycles. The highest BCUT2D eigenvalue weighted by Gasteiger charge is 2.00. The van der Waals surface area contributed by atoms with Crippen LogP contribution in [0, 0.1) is 12.7 Å². The first-order valence-corrected chi connectivity index (χ1v) is 5.14. The Morgan fingerprint density at radius 3 is 2.47 bits per heavy atom. The number of nitrogens with zero attached hydrogens (tertiary/aromatic N) is 2. The van der Waals surface area contributed by atoms with Gasteiger partial charge in [-0.1, -0.05) is 12.1 Å². The van der Waals surface area contributed by atoms with E-state index in [2.05, 4.69) is 10.4 Å². The maximum atomic E-state index is 12.7. The molecule has 0 unspecified atom stereocenters. The zero-order valence-corrected chi connectivity index (χ0v) is 10.6. The first kappa shape index (κ1) is 13.5. The lowest BCUT2D eigenvalue weighted by Crippen LogP contribution is -2.00. The summed E-state index contributed by atoms with van der Waals surface area (Å²) in [5.41, 5.74) is 2.13. The first-order valence-electron chi connectivity index (χ1n) is 5.14. The van der Waals surface area contributed by atoms with E-state index in [0.717, 1.165) is 17.1 Å². The molecule has 0 atom stereocenters. The van der Waals surface area contributed by atoms with Crippen LogP contribution in [0.4, 0.5) is 10.2 Å². The third kappa shape index (κ3) is 3.46. The predicted molar refractivity (Wildman–Crippen MR) is 68.9 cm³/mol. The fourth-order valence-corrected chi connectivity index (χ4v) is 1.44. The Morgan fingerprint density at radius 2 is 1.94 bits per heavy atom. The van der Waals surface area contributed by atoms with Crippen LogP contribution in [0.5, 0.6) is 0 Å². The molecule has 2 rings (SSSR count). The number of nitrogens with one attached hydrogen (secondary N) is 1. The smallest absolute Gasteiger partial charge is 0.148 e. The zero-order valence-electron chi connectivity index (χ0n) is 9.77. The average molecular weight is 256 g/mol. The minimum absolute atomic E-state index is 0. The molecule has 5 heteroatoms. The summed E-state index contributed by atoms with van der Waals surface area (Å²) in [5.74, 6) is 0.627. The van der Waals surface area contributed by atoms with Gasteiger partial charge < -0.3 is 5.32 Å². The number of rotatable bonds is 3. The van der Waals surface area contributed by atoms with Crippen molar-refractivity contribution >= 4 is 18.2 Å². The van der Waals surface area contributed by atoms with Gasteiger partial charge in [-0.25, -0.2) is 4.39 Å². The van der Waals surface area contributed by atoms with Crippen molar-refractivity contribution in [1.29, 1.82) is 0 Å². The van der Waals surface area contributed by atoms with E-state index in [0.29, 0.717) is 6.54 Å². The van der Waals surface area contributed by atoms with Crippen LogP contribution in [-0.4, -0.2) is 9.78 Å². The minimum atomic E-state index is -0.211. The van der Waals surface area contributed by atoms with Crippen molar-refractivity contribution in [2.45, 2.75) is 13.5 Å². The third-order valence-electron chi connectivity index (χ3n) is 2.50. The molecule has 0 aliphatic rings. The standard InChI is InChI=1S/C12H14FN3.ClH/c1-9-7-12(15-16(9)2)14-8-10-3-5-11(13)6-4-10;/h3-7H,8H2,1-2H3,(H,14,15);1H. The van der Waals surface area contributed by atoms with Crippen LogP contribution in [0.3, 0.4) is 0 Å². The maximum Gasteiger partial charge on any atom is 0.148 e. The Balaban J connectivity index is 0.00000144. The molecule has 92 valence electrons. The minimum Gasteiger partial charge on any atom is -0.365 e. The van der Waals surface area contributed by atoms with Gasteiger partial charge in [-0.15, -0.1) is 12.4 Å². The second-order valence-electron chi connectivity index (χ2n) is 3.77. The number of hydrogen-bond acceptors (Lipinski definition) is 2. The van der Waals surface area contributed by atoms with Gasteiger partial charge in [0, 0.05) is 25.4 Å². The van der Waals surface area contributed by atoms with Crippen LogP contribution in [0.15, 0.2) is 30.3 Å². The normalized spacial score (nSPS) is 9.82. The van der Waals surface area contributed by atoms with Crippen LogP contribution in [-0.2, 0) is 13.6 Å². The highest BCUT2D eigenvalue weighted by Crippen LogP contribution is 2.09. The molecule has 0 aliphatic heterocycles. The number of anilines is 1. The van der Waals surface area contributed by atoms with Crippen molar-refractivity contribution in [3.63, 3.8) is 0 Å². The third-order valence-corrected chi connectivity index (χ3v) is 2.50. The van der Waals surface area contributed by atoms with Crippen LogP contribution in [0.25, 0.3) is 0 Å². The van der Waals surface area contributed by atoms with E-state index in [1.165, 1.54) is 12.1 Å². The van der Waals surface area contributed by atoms with Gasteiger partial charge in [0.2, 0.25) is 0 Å². The molecule has 2 aromatic rings. The summed E-state index contributed by atoms with van der Waals surface area (Å²) in [7, 11) is 1.90. The highest BCUT2D eigenvalue weighted by molar-refractivity contribution is 5.85. The molecule has 0 saturated carbocycles. The lowest BCUT2D eigenvalue weighted by Gasteiger charge is -2.02. The molecule has 0 amide bonds. The molecule has 1 aromatic heterocycles. The van der Waals surface area contributed by atoms with Crippen molar-refractivity contribution in [3.05, 3.63) is 47.4 Å². The molecule has 17 heavy (non-hydrogen) atoms. The van der Waals surface area contributed by atoms with Gasteiger partial charge in [-0.05, 0) is 24.6 Å². The van der Waals surface area contributed by atoms with Gasteiger partial charge in [0.15, 0.2) is 0 Å². The largest absolute Gasteiger partial charge is 0.365 e. The molecule has 1 N–H and O–H groups in total. The summed E-state index contributed by atoms with van der Waals surface area (Å²) in [5, 5.41) is 7.46. The molecule has 0 fully saturated rings. The van der Waals surface area contributed by atoms with Crippen molar-refractivity contribution in [2.75, 3.05) is 5.32 Å². The Hall–Kier alpha value is -1.55. The number of aromatic nitrogens is 2. The van der Waals surface area contributed by atoms with Crippen LogP contribution in [0.1, 0.15) is 11.3 Å². The number of halogens is 2. The fourth-order valence-electron chi connectivity index (χ4n) is 1.44. The highest BCUT2D eigenvalue weighted by atomic mass is 35.5. The van der Waals surface area contributed by atoms with Crippen LogP contribution >= 0.6 is 12.4 Å². The predicted octanol–water partition coefficient (Wildman–Crippen LogP) is 2.90. The Kier molecular flexibility index (Phi) is 4.52. The molecule has 0 bridgehead atoms. The Labute approximate surface area is 106 Å². The molecule has 0 spiro atoms. The van der Waals surface area contributed by atoms with Crippen molar-refractivity contribution in [3.8, 4) is 0 Å². The van der Waals surface area contributed by atoms with E-state index in [1.807, 2.05) is 24.7 Å².